The smallest absolute Gasteiger partial charge is 0.317 e. The molecule has 2 fully saturated rings. The van der Waals surface area contributed by atoms with Gasteiger partial charge in [0.25, 0.3) is 5.91 Å². The van der Waals surface area contributed by atoms with Crippen molar-refractivity contribution in [3.63, 3.8) is 0 Å². The van der Waals surface area contributed by atoms with E-state index >= 15 is 0 Å². The average molecular weight is 495 g/mol. The Bertz CT molecular complexity index is 1050. The van der Waals surface area contributed by atoms with E-state index in [2.05, 4.69) is 44.6 Å². The number of nitrogens with two attached hydrogens (primary N) is 1. The molecular formula is C26H38N8O2. The van der Waals surface area contributed by atoms with Gasteiger partial charge in [-0.05, 0) is 76.4 Å². The van der Waals surface area contributed by atoms with Crippen molar-refractivity contribution in [2.75, 3.05) is 57.0 Å². The van der Waals surface area contributed by atoms with Crippen LogP contribution >= 0.6 is 0 Å². The van der Waals surface area contributed by atoms with Gasteiger partial charge in [0, 0.05) is 38.4 Å². The Morgan fingerprint density at radius 1 is 1.14 bits per heavy atom. The molecule has 0 aliphatic carbocycles. The van der Waals surface area contributed by atoms with Gasteiger partial charge in [-0.25, -0.2) is 14.8 Å². The Kier molecular flexibility index (Phi) is 8.25. The van der Waals surface area contributed by atoms with Crippen molar-refractivity contribution in [2.45, 2.75) is 44.6 Å². The van der Waals surface area contributed by atoms with Crippen molar-refractivity contribution in [3.8, 4) is 0 Å². The first-order chi connectivity index (χ1) is 17.3. The van der Waals surface area contributed by atoms with Crippen LogP contribution in [0.4, 0.5) is 22.1 Å². The van der Waals surface area contributed by atoms with Gasteiger partial charge in [-0.2, -0.15) is 0 Å². The van der Waals surface area contributed by atoms with Gasteiger partial charge in [-0.15, -0.1) is 0 Å². The Morgan fingerprint density at radius 3 is 2.53 bits per heavy atom. The van der Waals surface area contributed by atoms with Crippen molar-refractivity contribution in [2.24, 2.45) is 5.73 Å². The van der Waals surface area contributed by atoms with E-state index in [9.17, 15) is 9.59 Å². The molecule has 4 N–H and O–H groups in total. The second-order valence-electron chi connectivity index (χ2n) is 9.86. The van der Waals surface area contributed by atoms with Gasteiger partial charge >= 0.3 is 6.03 Å². The molecule has 36 heavy (non-hydrogen) atoms. The highest BCUT2D eigenvalue weighted by Crippen LogP contribution is 2.29. The van der Waals surface area contributed by atoms with Crippen molar-refractivity contribution < 1.29 is 9.59 Å². The molecule has 2 saturated heterocycles. The Morgan fingerprint density at radius 2 is 1.86 bits per heavy atom. The maximum Gasteiger partial charge on any atom is 0.317 e. The van der Waals surface area contributed by atoms with Crippen LogP contribution in [0.5, 0.6) is 0 Å². The van der Waals surface area contributed by atoms with E-state index in [1.807, 2.05) is 19.1 Å². The number of hydrogen-bond donors (Lipinski definition) is 3. The lowest BCUT2D eigenvalue weighted by Gasteiger charge is -2.34. The van der Waals surface area contributed by atoms with E-state index in [1.165, 1.54) is 5.56 Å². The summed E-state index contributed by atoms with van der Waals surface area (Å²) in [5, 5.41) is 6.34. The van der Waals surface area contributed by atoms with Crippen LogP contribution in [0.1, 0.15) is 54.6 Å². The summed E-state index contributed by atoms with van der Waals surface area (Å²) in [4.78, 5) is 39.5. The standard InChI is InChI=1S/C26H38N8O2/c1-4-33(3)26(36)30-21-6-5-13-34(17-21)22-16-28-23(24(27)35)25(31-22)29-20-9-7-18(8-10-20)19-11-14-32(2)15-12-19/h7-10,16,19,21H,4-6,11-15,17H2,1-3H3,(H2,27,35)(H,29,31)(H,30,36)/t21-/m1/s1. The molecule has 3 heterocycles. The number of primary amides is 1. The number of amides is 3. The number of hydrogen-bond acceptors (Lipinski definition) is 7. The molecule has 4 rings (SSSR count). The fourth-order valence-electron chi connectivity index (χ4n) is 4.85. The first-order valence-corrected chi connectivity index (χ1v) is 12.8. The van der Waals surface area contributed by atoms with Crippen LogP contribution in [0.15, 0.2) is 30.5 Å². The molecule has 10 nitrogen and oxygen atoms in total. The molecule has 0 radical (unpaired) electrons. The molecule has 2 aliphatic rings. The summed E-state index contributed by atoms with van der Waals surface area (Å²) in [6.07, 6.45) is 5.72. The molecule has 194 valence electrons. The zero-order valence-corrected chi connectivity index (χ0v) is 21.5. The summed E-state index contributed by atoms with van der Waals surface area (Å²) < 4.78 is 0. The number of nitrogens with one attached hydrogen (secondary N) is 2. The van der Waals surface area contributed by atoms with E-state index in [4.69, 9.17) is 10.7 Å². The van der Waals surface area contributed by atoms with Crippen LogP contribution in [-0.4, -0.2) is 84.6 Å². The molecule has 0 bridgehead atoms. The predicted octanol–water partition coefficient (Wildman–Crippen LogP) is 2.76. The fraction of sp³-hybridized carbons (Fsp3) is 0.538. The molecule has 3 amide bonds. The van der Waals surface area contributed by atoms with Gasteiger partial charge in [-0.1, -0.05) is 12.1 Å². The monoisotopic (exact) mass is 494 g/mol. The number of benzene rings is 1. The molecule has 1 aromatic carbocycles. The van der Waals surface area contributed by atoms with Crippen LogP contribution in [0, 0.1) is 0 Å². The number of aromatic nitrogens is 2. The van der Waals surface area contributed by atoms with E-state index in [0.717, 1.165) is 51.0 Å². The van der Waals surface area contributed by atoms with Crippen molar-refractivity contribution in [1.29, 1.82) is 0 Å². The zero-order valence-electron chi connectivity index (χ0n) is 21.5. The number of likely N-dealkylation sites (tertiary alicyclic amines) is 1. The third-order valence-electron chi connectivity index (χ3n) is 7.25. The van der Waals surface area contributed by atoms with Gasteiger partial charge in [0.05, 0.1) is 6.20 Å². The molecule has 1 atom stereocenters. The normalized spacial score (nSPS) is 19.1. The molecule has 0 unspecified atom stereocenters. The van der Waals surface area contributed by atoms with Crippen molar-refractivity contribution >= 4 is 29.3 Å². The average Bonchev–Trinajstić information content (AvgIpc) is 2.89. The third kappa shape index (κ3) is 6.23. The summed E-state index contributed by atoms with van der Waals surface area (Å²) in [7, 11) is 3.95. The maximum absolute atomic E-state index is 12.3. The minimum atomic E-state index is -0.633. The van der Waals surface area contributed by atoms with Crippen molar-refractivity contribution in [3.05, 3.63) is 41.7 Å². The predicted molar refractivity (Wildman–Crippen MR) is 142 cm³/mol. The molecule has 10 heteroatoms. The Hall–Kier alpha value is -3.40. The number of piperidine rings is 2. The van der Waals surface area contributed by atoms with E-state index in [1.54, 1.807) is 18.1 Å². The highest BCUT2D eigenvalue weighted by molar-refractivity contribution is 5.96. The highest BCUT2D eigenvalue weighted by Gasteiger charge is 2.25. The summed E-state index contributed by atoms with van der Waals surface area (Å²) in [6.45, 7) is 6.25. The van der Waals surface area contributed by atoms with E-state index in [0.29, 0.717) is 30.6 Å². The lowest BCUT2D eigenvalue weighted by Crippen LogP contribution is -2.51. The molecule has 0 saturated carbocycles. The quantitative estimate of drug-likeness (QED) is 0.541. The third-order valence-corrected chi connectivity index (χ3v) is 7.25. The Labute approximate surface area is 213 Å². The minimum absolute atomic E-state index is 0.0152. The van der Waals surface area contributed by atoms with Crippen LogP contribution in [0.2, 0.25) is 0 Å². The number of nitrogens with zero attached hydrogens (tertiary/aromatic N) is 5. The van der Waals surface area contributed by atoms with Gasteiger partial charge in [0.15, 0.2) is 11.5 Å². The van der Waals surface area contributed by atoms with Gasteiger partial charge in [-0.3, -0.25) is 4.79 Å². The number of rotatable bonds is 7. The SMILES string of the molecule is CCN(C)C(=O)N[C@@H]1CCCN(c2cnc(C(N)=O)c(Nc3ccc(C4CCN(C)CC4)cc3)n2)C1. The highest BCUT2D eigenvalue weighted by atomic mass is 16.2. The van der Waals surface area contributed by atoms with Crippen LogP contribution in [0.3, 0.4) is 0 Å². The lowest BCUT2D eigenvalue weighted by molar-refractivity contribution is 0.0996. The van der Waals surface area contributed by atoms with E-state index < -0.39 is 5.91 Å². The number of carbonyl (C=O) groups excluding carboxylic acids is 2. The largest absolute Gasteiger partial charge is 0.364 e. The van der Waals surface area contributed by atoms with Gasteiger partial charge in [0.1, 0.15) is 5.82 Å². The lowest BCUT2D eigenvalue weighted by atomic mass is 9.89. The first kappa shape index (κ1) is 25.7. The molecule has 2 aliphatic heterocycles. The zero-order chi connectivity index (χ0) is 25.7. The molecule has 0 spiro atoms. The molecule has 1 aromatic heterocycles. The first-order valence-electron chi connectivity index (χ1n) is 12.8. The number of anilines is 3. The van der Waals surface area contributed by atoms with Crippen LogP contribution in [0.25, 0.3) is 0 Å². The minimum Gasteiger partial charge on any atom is -0.364 e. The summed E-state index contributed by atoms with van der Waals surface area (Å²) in [5.74, 6) is 0.923. The van der Waals surface area contributed by atoms with Gasteiger partial charge < -0.3 is 31.1 Å². The fourth-order valence-corrected chi connectivity index (χ4v) is 4.85. The topological polar surface area (TPSA) is 120 Å². The summed E-state index contributed by atoms with van der Waals surface area (Å²) >= 11 is 0. The molecule has 2 aromatic rings. The second-order valence-corrected chi connectivity index (χ2v) is 9.86. The maximum atomic E-state index is 12.3. The second kappa shape index (κ2) is 11.6. The van der Waals surface area contributed by atoms with Crippen LogP contribution in [-0.2, 0) is 0 Å². The van der Waals surface area contributed by atoms with E-state index in [-0.39, 0.29) is 17.8 Å². The van der Waals surface area contributed by atoms with Gasteiger partial charge in [0.2, 0.25) is 0 Å². The summed E-state index contributed by atoms with van der Waals surface area (Å²) in [5.41, 5.74) is 7.86. The Balaban J connectivity index is 1.47. The van der Waals surface area contributed by atoms with Crippen molar-refractivity contribution in [1.82, 2.24) is 25.1 Å². The summed E-state index contributed by atoms with van der Waals surface area (Å²) in [6, 6.07) is 8.26. The van der Waals surface area contributed by atoms with Crippen LogP contribution < -0.4 is 21.3 Å². The molecular weight excluding hydrogens is 456 g/mol. The number of urea groups is 1. The number of carbonyl (C=O) groups is 2.